The zero-order valence-corrected chi connectivity index (χ0v) is 16.6. The van der Waals surface area contributed by atoms with E-state index in [1.54, 1.807) is 4.90 Å². The van der Waals surface area contributed by atoms with Crippen LogP contribution in [0, 0.1) is 5.82 Å². The highest BCUT2D eigenvalue weighted by Crippen LogP contribution is 2.39. The lowest BCUT2D eigenvalue weighted by molar-refractivity contribution is -0.274. The van der Waals surface area contributed by atoms with Gasteiger partial charge in [-0.25, -0.2) is 9.18 Å². The highest BCUT2D eigenvalue weighted by atomic mass is 19.4. The molecule has 2 aromatic carbocycles. The van der Waals surface area contributed by atoms with Gasteiger partial charge in [0.15, 0.2) is 0 Å². The van der Waals surface area contributed by atoms with E-state index in [9.17, 15) is 22.4 Å². The Hall–Kier alpha value is -3.03. The largest absolute Gasteiger partial charge is 0.573 e. The Morgan fingerprint density at radius 2 is 1.87 bits per heavy atom. The number of carbonyl (C=O) groups is 1. The molecule has 2 heterocycles. The van der Waals surface area contributed by atoms with E-state index in [0.717, 1.165) is 37.0 Å². The highest BCUT2D eigenvalue weighted by Gasteiger charge is 2.39. The van der Waals surface area contributed by atoms with Gasteiger partial charge in [-0.1, -0.05) is 36.4 Å². The molecule has 0 radical (unpaired) electrons. The van der Waals surface area contributed by atoms with E-state index in [1.165, 1.54) is 6.07 Å². The highest BCUT2D eigenvalue weighted by molar-refractivity contribution is 5.75. The molecule has 0 N–H and O–H groups in total. The van der Waals surface area contributed by atoms with Crippen molar-refractivity contribution in [2.45, 2.75) is 50.7 Å². The number of nitrogens with zero attached hydrogens (tertiary/aromatic N) is 1. The van der Waals surface area contributed by atoms with E-state index in [2.05, 4.69) is 4.74 Å². The first kappa shape index (κ1) is 21.2. The summed E-state index contributed by atoms with van der Waals surface area (Å²) in [6.45, 7) is 0.168. The molecule has 2 aromatic rings. The third-order valence-electron chi connectivity index (χ3n) is 5.57. The van der Waals surface area contributed by atoms with Crippen molar-refractivity contribution in [2.24, 2.45) is 0 Å². The molecule has 2 bridgehead atoms. The Labute approximate surface area is 177 Å². The topological polar surface area (TPSA) is 38.8 Å². The van der Waals surface area contributed by atoms with Crippen molar-refractivity contribution in [3.8, 4) is 5.75 Å². The molecule has 2 aliphatic rings. The van der Waals surface area contributed by atoms with Gasteiger partial charge in [0.25, 0.3) is 0 Å². The van der Waals surface area contributed by atoms with Gasteiger partial charge < -0.3 is 9.47 Å². The Morgan fingerprint density at radius 3 is 2.55 bits per heavy atom. The minimum Gasteiger partial charge on any atom is -0.445 e. The smallest absolute Gasteiger partial charge is 0.445 e. The number of hydrogen-bond donors (Lipinski definition) is 0. The fourth-order valence-electron chi connectivity index (χ4n) is 4.26. The number of alkyl halides is 3. The number of halogens is 4. The van der Waals surface area contributed by atoms with Crippen molar-refractivity contribution in [3.05, 3.63) is 71.6 Å². The van der Waals surface area contributed by atoms with E-state index in [1.807, 2.05) is 36.4 Å². The minimum absolute atomic E-state index is 0.146. The molecule has 0 spiro atoms. The first-order chi connectivity index (χ1) is 14.8. The predicted molar refractivity (Wildman–Crippen MR) is 106 cm³/mol. The van der Waals surface area contributed by atoms with Crippen LogP contribution in [0.5, 0.6) is 5.75 Å². The second kappa shape index (κ2) is 8.61. The fourth-order valence-corrected chi connectivity index (χ4v) is 4.26. The summed E-state index contributed by atoms with van der Waals surface area (Å²) in [5.41, 5.74) is 1.79. The van der Waals surface area contributed by atoms with Crippen molar-refractivity contribution >= 4 is 11.7 Å². The fraction of sp³-hybridized carbons (Fsp3) is 0.348. The van der Waals surface area contributed by atoms with Gasteiger partial charge in [0, 0.05) is 17.7 Å². The molecule has 1 fully saturated rings. The van der Waals surface area contributed by atoms with Crippen LogP contribution in [0.2, 0.25) is 0 Å². The molecule has 1 amide bonds. The predicted octanol–water partition coefficient (Wildman–Crippen LogP) is 6.07. The number of benzene rings is 2. The van der Waals surface area contributed by atoms with Crippen molar-refractivity contribution in [1.82, 2.24) is 4.90 Å². The second-order valence-electron chi connectivity index (χ2n) is 7.69. The molecule has 2 atom stereocenters. The molecule has 0 aromatic heterocycles. The molecule has 4 nitrogen and oxygen atoms in total. The molecule has 164 valence electrons. The van der Waals surface area contributed by atoms with Crippen LogP contribution < -0.4 is 4.74 Å². The maximum absolute atomic E-state index is 14.6. The number of hydrogen-bond acceptors (Lipinski definition) is 3. The summed E-state index contributed by atoms with van der Waals surface area (Å²) in [4.78, 5) is 14.5. The third kappa shape index (κ3) is 5.00. The van der Waals surface area contributed by atoms with E-state index < -0.39 is 24.0 Å². The van der Waals surface area contributed by atoms with Crippen molar-refractivity contribution < 1.29 is 31.8 Å². The number of carbonyl (C=O) groups excluding carboxylic acids is 1. The molecular formula is C23H21F4NO3. The van der Waals surface area contributed by atoms with Crippen LogP contribution in [0.25, 0.3) is 5.57 Å². The molecular weight excluding hydrogens is 414 g/mol. The molecule has 2 aliphatic heterocycles. The molecule has 2 unspecified atom stereocenters. The van der Waals surface area contributed by atoms with Crippen LogP contribution in [0.1, 0.15) is 36.8 Å². The van der Waals surface area contributed by atoms with Gasteiger partial charge in [0.05, 0.1) is 6.04 Å². The molecule has 0 aliphatic carbocycles. The summed E-state index contributed by atoms with van der Waals surface area (Å²) in [5.74, 6) is -1.39. The second-order valence-corrected chi connectivity index (χ2v) is 7.69. The average molecular weight is 435 g/mol. The van der Waals surface area contributed by atoms with Crippen LogP contribution in [0.4, 0.5) is 22.4 Å². The van der Waals surface area contributed by atoms with E-state index in [-0.39, 0.29) is 24.3 Å². The van der Waals surface area contributed by atoms with Crippen LogP contribution in [0.15, 0.2) is 54.6 Å². The number of ether oxygens (including phenoxy) is 2. The van der Waals surface area contributed by atoms with E-state index in [0.29, 0.717) is 12.0 Å². The summed E-state index contributed by atoms with van der Waals surface area (Å²) in [6.07, 6.45) is -0.654. The number of fused-ring (bicyclic) bond motifs is 2. The minimum atomic E-state index is -4.88. The van der Waals surface area contributed by atoms with Crippen molar-refractivity contribution in [2.75, 3.05) is 0 Å². The Kier molecular flexibility index (Phi) is 5.89. The number of rotatable bonds is 4. The van der Waals surface area contributed by atoms with Crippen molar-refractivity contribution in [3.63, 3.8) is 0 Å². The molecule has 1 saturated heterocycles. The SMILES string of the molecule is O=C(OCc1ccccc1)N1C2C=C(c3ccc(OC(F)(F)F)cc3F)CC1CCC2. The van der Waals surface area contributed by atoms with Gasteiger partial charge in [-0.15, -0.1) is 13.2 Å². The van der Waals surface area contributed by atoms with Crippen LogP contribution in [0.3, 0.4) is 0 Å². The van der Waals surface area contributed by atoms with Gasteiger partial charge in [-0.3, -0.25) is 4.90 Å². The Balaban J connectivity index is 1.50. The average Bonchev–Trinajstić information content (AvgIpc) is 2.71. The summed E-state index contributed by atoms with van der Waals surface area (Å²) >= 11 is 0. The summed E-state index contributed by atoms with van der Waals surface area (Å²) in [5, 5.41) is 0. The maximum Gasteiger partial charge on any atom is 0.573 e. The third-order valence-corrected chi connectivity index (χ3v) is 5.57. The van der Waals surface area contributed by atoms with Crippen LogP contribution >= 0.6 is 0 Å². The Bertz CT molecular complexity index is 975. The maximum atomic E-state index is 14.6. The normalized spacial score (nSPS) is 20.8. The summed E-state index contributed by atoms with van der Waals surface area (Å²) < 4.78 is 60.9. The lowest BCUT2D eigenvalue weighted by Crippen LogP contribution is -2.51. The zero-order chi connectivity index (χ0) is 22.0. The first-order valence-corrected chi connectivity index (χ1v) is 10.1. The van der Waals surface area contributed by atoms with Crippen LogP contribution in [-0.2, 0) is 11.3 Å². The van der Waals surface area contributed by atoms with Gasteiger partial charge in [-0.2, -0.15) is 0 Å². The van der Waals surface area contributed by atoms with E-state index in [4.69, 9.17) is 4.74 Å². The van der Waals surface area contributed by atoms with E-state index >= 15 is 0 Å². The Morgan fingerprint density at radius 1 is 1.10 bits per heavy atom. The molecule has 8 heteroatoms. The number of amides is 1. The molecule has 0 saturated carbocycles. The zero-order valence-electron chi connectivity index (χ0n) is 16.6. The lowest BCUT2D eigenvalue weighted by Gasteiger charge is -2.44. The standard InChI is InChI=1S/C23H21F4NO3/c24-21-13-19(31-23(25,26)27)9-10-20(21)16-11-17-7-4-8-18(12-16)28(17)22(29)30-14-15-5-2-1-3-6-15/h1-3,5-6,9-11,13,17-18H,4,7-8,12,14H2. The van der Waals surface area contributed by atoms with Gasteiger partial charge in [0.2, 0.25) is 0 Å². The van der Waals surface area contributed by atoms with Crippen molar-refractivity contribution in [1.29, 1.82) is 0 Å². The quantitative estimate of drug-likeness (QED) is 0.547. The van der Waals surface area contributed by atoms with Gasteiger partial charge >= 0.3 is 12.5 Å². The lowest BCUT2D eigenvalue weighted by atomic mass is 9.83. The number of piperidine rings is 1. The summed E-state index contributed by atoms with van der Waals surface area (Å²) in [7, 11) is 0. The van der Waals surface area contributed by atoms with Gasteiger partial charge in [-0.05, 0) is 49.0 Å². The summed E-state index contributed by atoms with van der Waals surface area (Å²) in [6, 6.07) is 12.1. The van der Waals surface area contributed by atoms with Crippen LogP contribution in [-0.4, -0.2) is 29.4 Å². The monoisotopic (exact) mass is 435 g/mol. The molecule has 31 heavy (non-hydrogen) atoms. The first-order valence-electron chi connectivity index (χ1n) is 10.1. The molecule has 4 rings (SSSR count). The van der Waals surface area contributed by atoms with Gasteiger partial charge in [0.1, 0.15) is 18.2 Å².